The Morgan fingerprint density at radius 2 is 1.80 bits per heavy atom. The van der Waals surface area contributed by atoms with Crippen LogP contribution in [0.3, 0.4) is 0 Å². The number of cyclic esters (lactones) is 1. The number of halogens is 1. The zero-order valence-corrected chi connectivity index (χ0v) is 13.2. The Morgan fingerprint density at radius 3 is 2.25 bits per heavy atom. The molecular weight excluding hydrogens is 332 g/mol. The molecule has 0 N–H and O–H groups in total. The van der Waals surface area contributed by atoms with E-state index in [2.05, 4.69) is 15.9 Å². The highest BCUT2D eigenvalue weighted by atomic mass is 79.9. The van der Waals surface area contributed by atoms with Gasteiger partial charge in [-0.05, 0) is 20.3 Å². The predicted molar refractivity (Wildman–Crippen MR) is 73.2 cm³/mol. The molecule has 1 atom stereocenters. The van der Waals surface area contributed by atoms with Crippen molar-refractivity contribution in [3.8, 4) is 0 Å². The van der Waals surface area contributed by atoms with Gasteiger partial charge in [0.15, 0.2) is 0 Å². The number of hydrogen-bond donors (Lipinski definition) is 0. The Morgan fingerprint density at radius 1 is 1.20 bits per heavy atom. The van der Waals surface area contributed by atoms with Crippen LogP contribution in [0.25, 0.3) is 0 Å². The average molecular weight is 349 g/mol. The lowest BCUT2D eigenvalue weighted by atomic mass is 9.90. The fraction of sp³-hybridized carbons (Fsp3) is 0.615. The van der Waals surface area contributed by atoms with Crippen molar-refractivity contribution >= 4 is 33.8 Å². The first-order valence-electron chi connectivity index (χ1n) is 6.35. The highest BCUT2D eigenvalue weighted by Crippen LogP contribution is 2.38. The van der Waals surface area contributed by atoms with Gasteiger partial charge in [0, 0.05) is 10.9 Å². The molecule has 0 amide bonds. The second-order valence-electron chi connectivity index (χ2n) is 4.00. The topological polar surface area (TPSA) is 78.9 Å². The van der Waals surface area contributed by atoms with Crippen LogP contribution in [0.2, 0.25) is 0 Å². The summed E-state index contributed by atoms with van der Waals surface area (Å²) >= 11 is 3.19. The maximum atomic E-state index is 12.1. The van der Waals surface area contributed by atoms with Crippen molar-refractivity contribution in [3.63, 3.8) is 0 Å². The molecule has 1 rings (SSSR count). The lowest BCUT2D eigenvalue weighted by Crippen LogP contribution is -2.42. The molecule has 0 saturated carbocycles. The van der Waals surface area contributed by atoms with E-state index in [9.17, 15) is 14.4 Å². The smallest absolute Gasteiger partial charge is 0.355 e. The number of carbonyl (C=O) groups excluding carboxylic acids is 3. The molecule has 0 aromatic heterocycles. The van der Waals surface area contributed by atoms with E-state index in [1.165, 1.54) is 0 Å². The van der Waals surface area contributed by atoms with Crippen LogP contribution in [0.5, 0.6) is 0 Å². The normalized spacial score (nSPS) is 21.7. The minimum atomic E-state index is -1.54. The molecule has 1 heterocycles. The van der Waals surface area contributed by atoms with Gasteiger partial charge in [0.05, 0.1) is 13.2 Å². The molecule has 20 heavy (non-hydrogen) atoms. The molecule has 0 aromatic carbocycles. The van der Waals surface area contributed by atoms with Gasteiger partial charge >= 0.3 is 17.9 Å². The van der Waals surface area contributed by atoms with E-state index in [4.69, 9.17) is 14.2 Å². The molecule has 1 aliphatic heterocycles. The van der Waals surface area contributed by atoms with Gasteiger partial charge in [-0.2, -0.15) is 0 Å². The molecule has 6 nitrogen and oxygen atoms in total. The van der Waals surface area contributed by atoms with Crippen LogP contribution in [0.1, 0.15) is 27.2 Å². The Labute approximate surface area is 125 Å². The lowest BCUT2D eigenvalue weighted by molar-refractivity contribution is -0.172. The Hall–Kier alpha value is -1.37. The monoisotopic (exact) mass is 348 g/mol. The molecule has 0 spiro atoms. The summed E-state index contributed by atoms with van der Waals surface area (Å²) in [6.45, 7) is 5.25. The van der Waals surface area contributed by atoms with Crippen molar-refractivity contribution in [3.05, 3.63) is 11.1 Å². The maximum absolute atomic E-state index is 12.1. The molecule has 112 valence electrons. The summed E-state index contributed by atoms with van der Waals surface area (Å²) in [5, 5.41) is 0.138. The first-order valence-corrected chi connectivity index (χ1v) is 7.47. The van der Waals surface area contributed by atoms with E-state index >= 15 is 0 Å². The number of alkyl halides is 1. The number of rotatable bonds is 6. The zero-order valence-electron chi connectivity index (χ0n) is 11.7. The minimum absolute atomic E-state index is 0.129. The van der Waals surface area contributed by atoms with Gasteiger partial charge in [-0.3, -0.25) is 0 Å². The summed E-state index contributed by atoms with van der Waals surface area (Å²) in [4.78, 5) is 35.9. The van der Waals surface area contributed by atoms with E-state index < -0.39 is 23.5 Å². The average Bonchev–Trinajstić information content (AvgIpc) is 2.72. The van der Waals surface area contributed by atoms with Crippen LogP contribution in [-0.2, 0) is 28.6 Å². The molecule has 0 aromatic rings. The number of esters is 3. The fourth-order valence-corrected chi connectivity index (χ4v) is 2.76. The second kappa shape index (κ2) is 6.88. The number of ether oxygens (including phenoxy) is 3. The highest BCUT2D eigenvalue weighted by Gasteiger charge is 2.54. The van der Waals surface area contributed by atoms with Crippen LogP contribution < -0.4 is 0 Å². The Balaban J connectivity index is 3.31. The summed E-state index contributed by atoms with van der Waals surface area (Å²) < 4.78 is 15.0. The van der Waals surface area contributed by atoms with Crippen LogP contribution in [-0.4, -0.2) is 42.1 Å². The zero-order chi connectivity index (χ0) is 15.3. The van der Waals surface area contributed by atoms with Gasteiger partial charge in [0.25, 0.3) is 0 Å². The summed E-state index contributed by atoms with van der Waals surface area (Å²) in [6, 6.07) is 0. The Kier molecular flexibility index (Phi) is 5.74. The van der Waals surface area contributed by atoms with E-state index in [1.807, 2.05) is 0 Å². The molecule has 0 radical (unpaired) electrons. The molecular formula is C13H17BrO6. The van der Waals surface area contributed by atoms with Crippen molar-refractivity contribution in [2.75, 3.05) is 18.5 Å². The van der Waals surface area contributed by atoms with E-state index in [0.717, 1.165) is 0 Å². The summed E-state index contributed by atoms with van der Waals surface area (Å²) in [7, 11) is 0. The standard InChI is InChI=1S/C13H17BrO6/c1-4-13(12(17)19-6-3)8(7-14)9(11(16)20-13)10(15)18-5-2/h4-7H2,1-3H3. The Bertz CT molecular complexity index is 456. The minimum Gasteiger partial charge on any atom is -0.463 e. The number of hydrogen-bond acceptors (Lipinski definition) is 6. The molecule has 1 unspecified atom stereocenters. The first-order chi connectivity index (χ1) is 9.48. The SMILES string of the molecule is CCOC(=O)C1=C(CBr)C(CC)(C(=O)OCC)OC1=O. The molecule has 0 aliphatic carbocycles. The van der Waals surface area contributed by atoms with Crippen molar-refractivity contribution in [1.82, 2.24) is 0 Å². The van der Waals surface area contributed by atoms with Crippen molar-refractivity contribution < 1.29 is 28.6 Å². The van der Waals surface area contributed by atoms with Crippen LogP contribution in [0, 0.1) is 0 Å². The first kappa shape index (κ1) is 16.7. The van der Waals surface area contributed by atoms with Gasteiger partial charge < -0.3 is 14.2 Å². The van der Waals surface area contributed by atoms with Crippen LogP contribution in [0.15, 0.2) is 11.1 Å². The maximum Gasteiger partial charge on any atom is 0.355 e. The summed E-state index contributed by atoms with van der Waals surface area (Å²) in [6.07, 6.45) is 0.182. The molecule has 1 aliphatic rings. The molecule has 7 heteroatoms. The second-order valence-corrected chi connectivity index (χ2v) is 4.56. The van der Waals surface area contributed by atoms with Crippen molar-refractivity contribution in [2.24, 2.45) is 0 Å². The van der Waals surface area contributed by atoms with Crippen LogP contribution in [0.4, 0.5) is 0 Å². The van der Waals surface area contributed by atoms with Gasteiger partial charge in [-0.1, -0.05) is 22.9 Å². The lowest BCUT2D eigenvalue weighted by Gasteiger charge is -2.26. The van der Waals surface area contributed by atoms with Crippen molar-refractivity contribution in [2.45, 2.75) is 32.8 Å². The molecule has 0 fully saturated rings. The van der Waals surface area contributed by atoms with E-state index in [-0.39, 0.29) is 36.1 Å². The van der Waals surface area contributed by atoms with Crippen LogP contribution >= 0.6 is 15.9 Å². The third-order valence-corrected chi connectivity index (χ3v) is 3.54. The van der Waals surface area contributed by atoms with Gasteiger partial charge in [-0.25, -0.2) is 14.4 Å². The van der Waals surface area contributed by atoms with Gasteiger partial charge in [-0.15, -0.1) is 0 Å². The number of carbonyl (C=O) groups is 3. The molecule has 0 saturated heterocycles. The summed E-state index contributed by atoms with van der Waals surface area (Å²) in [5.74, 6) is -2.32. The fourth-order valence-electron chi connectivity index (χ4n) is 2.02. The van der Waals surface area contributed by atoms with Gasteiger partial charge in [0.2, 0.25) is 5.60 Å². The summed E-state index contributed by atoms with van der Waals surface area (Å²) in [5.41, 5.74) is -1.51. The molecule has 0 bridgehead atoms. The predicted octanol–water partition coefficient (Wildman–Crippen LogP) is 1.51. The van der Waals surface area contributed by atoms with E-state index in [1.54, 1.807) is 20.8 Å². The third kappa shape index (κ3) is 2.72. The largest absolute Gasteiger partial charge is 0.463 e. The third-order valence-electron chi connectivity index (χ3n) is 2.98. The quantitative estimate of drug-likeness (QED) is 0.313. The highest BCUT2D eigenvalue weighted by molar-refractivity contribution is 9.09. The van der Waals surface area contributed by atoms with Crippen molar-refractivity contribution in [1.29, 1.82) is 0 Å². The van der Waals surface area contributed by atoms with Gasteiger partial charge in [0.1, 0.15) is 5.57 Å². The van der Waals surface area contributed by atoms with E-state index in [0.29, 0.717) is 0 Å².